The van der Waals surface area contributed by atoms with Crippen molar-refractivity contribution in [3.8, 4) is 0 Å². The molecule has 1 aromatic rings. The first-order chi connectivity index (χ1) is 9.56. The molecule has 1 saturated heterocycles. The molecule has 0 bridgehead atoms. The maximum Gasteiger partial charge on any atom is 0.251 e. The van der Waals surface area contributed by atoms with Gasteiger partial charge in [-0.2, -0.15) is 0 Å². The highest BCUT2D eigenvalue weighted by molar-refractivity contribution is 6.42. The summed E-state index contributed by atoms with van der Waals surface area (Å²) in [6.07, 6.45) is 0. The van der Waals surface area contributed by atoms with Crippen molar-refractivity contribution >= 4 is 35.0 Å². The second-order valence-electron chi connectivity index (χ2n) is 4.64. The first kappa shape index (κ1) is 15.1. The standard InChI is InChI=1S/C13H15Cl2N3O2/c14-10-2-1-9(3-11(10)15)13(20)18-7-12(19)17-6-8-4-16-5-8/h1-3,8,16H,4-7H2,(H,17,19)(H,18,20). The van der Waals surface area contributed by atoms with Gasteiger partial charge in [-0.05, 0) is 18.2 Å². The molecule has 0 unspecified atom stereocenters. The Hall–Kier alpha value is -1.30. The number of carbonyl (C=O) groups excluding carboxylic acids is 2. The molecule has 5 nitrogen and oxygen atoms in total. The summed E-state index contributed by atoms with van der Waals surface area (Å²) in [6, 6.07) is 4.57. The van der Waals surface area contributed by atoms with Gasteiger partial charge in [0, 0.05) is 31.1 Å². The van der Waals surface area contributed by atoms with Gasteiger partial charge in [-0.15, -0.1) is 0 Å². The lowest BCUT2D eigenvalue weighted by atomic mass is 10.0. The van der Waals surface area contributed by atoms with E-state index in [2.05, 4.69) is 16.0 Å². The van der Waals surface area contributed by atoms with Gasteiger partial charge in [0.2, 0.25) is 5.91 Å². The topological polar surface area (TPSA) is 70.2 Å². The Labute approximate surface area is 127 Å². The monoisotopic (exact) mass is 315 g/mol. The number of halogens is 2. The van der Waals surface area contributed by atoms with E-state index < -0.39 is 0 Å². The van der Waals surface area contributed by atoms with Gasteiger partial charge in [-0.3, -0.25) is 9.59 Å². The Morgan fingerprint density at radius 2 is 1.95 bits per heavy atom. The summed E-state index contributed by atoms with van der Waals surface area (Å²) in [5, 5.41) is 9.12. The van der Waals surface area contributed by atoms with Crippen LogP contribution in [0, 0.1) is 5.92 Å². The van der Waals surface area contributed by atoms with E-state index in [1.54, 1.807) is 12.1 Å². The molecule has 0 atom stereocenters. The molecular weight excluding hydrogens is 301 g/mol. The van der Waals surface area contributed by atoms with Crippen LogP contribution in [0.3, 0.4) is 0 Å². The van der Waals surface area contributed by atoms with Crippen molar-refractivity contribution in [2.24, 2.45) is 5.92 Å². The maximum atomic E-state index is 11.8. The normalized spacial score (nSPS) is 14.5. The van der Waals surface area contributed by atoms with Crippen LogP contribution in [0.5, 0.6) is 0 Å². The number of hydrogen-bond acceptors (Lipinski definition) is 3. The number of nitrogens with one attached hydrogen (secondary N) is 3. The molecule has 108 valence electrons. The van der Waals surface area contributed by atoms with Crippen LogP contribution in [0.2, 0.25) is 10.0 Å². The molecule has 2 amide bonds. The molecule has 0 radical (unpaired) electrons. The molecule has 20 heavy (non-hydrogen) atoms. The fourth-order valence-electron chi connectivity index (χ4n) is 1.71. The highest BCUT2D eigenvalue weighted by Gasteiger charge is 2.17. The average Bonchev–Trinajstić information content (AvgIpc) is 2.37. The highest BCUT2D eigenvalue weighted by Crippen LogP contribution is 2.22. The Bertz CT molecular complexity index is 518. The van der Waals surface area contributed by atoms with Crippen molar-refractivity contribution < 1.29 is 9.59 Å². The van der Waals surface area contributed by atoms with Crippen LogP contribution < -0.4 is 16.0 Å². The Morgan fingerprint density at radius 3 is 2.55 bits per heavy atom. The van der Waals surface area contributed by atoms with E-state index in [9.17, 15) is 9.59 Å². The van der Waals surface area contributed by atoms with Crippen LogP contribution in [0.25, 0.3) is 0 Å². The predicted octanol–water partition coefficient (Wildman–Crippen LogP) is 1.06. The van der Waals surface area contributed by atoms with Crippen molar-refractivity contribution in [1.82, 2.24) is 16.0 Å². The number of amides is 2. The van der Waals surface area contributed by atoms with Gasteiger partial charge in [-0.25, -0.2) is 0 Å². The second kappa shape index (κ2) is 6.92. The first-order valence-electron chi connectivity index (χ1n) is 6.27. The molecule has 2 rings (SSSR count). The van der Waals surface area contributed by atoms with E-state index in [1.165, 1.54) is 6.07 Å². The summed E-state index contributed by atoms with van der Waals surface area (Å²) in [5.41, 5.74) is 0.371. The van der Waals surface area contributed by atoms with Gasteiger partial charge >= 0.3 is 0 Å². The minimum atomic E-state index is -0.357. The third kappa shape index (κ3) is 4.10. The second-order valence-corrected chi connectivity index (χ2v) is 5.45. The van der Waals surface area contributed by atoms with Crippen molar-refractivity contribution in [3.05, 3.63) is 33.8 Å². The molecule has 0 spiro atoms. The van der Waals surface area contributed by atoms with Crippen molar-refractivity contribution in [1.29, 1.82) is 0 Å². The zero-order valence-corrected chi connectivity index (χ0v) is 12.2. The Morgan fingerprint density at radius 1 is 1.20 bits per heavy atom. The Balaban J connectivity index is 1.75. The van der Waals surface area contributed by atoms with E-state index in [0.29, 0.717) is 28.1 Å². The van der Waals surface area contributed by atoms with E-state index >= 15 is 0 Å². The number of benzene rings is 1. The van der Waals surface area contributed by atoms with Gasteiger partial charge in [0.05, 0.1) is 16.6 Å². The molecule has 0 saturated carbocycles. The van der Waals surface area contributed by atoms with Crippen LogP contribution in [-0.2, 0) is 4.79 Å². The largest absolute Gasteiger partial charge is 0.354 e. The fourth-order valence-corrected chi connectivity index (χ4v) is 2.01. The summed E-state index contributed by atoms with van der Waals surface area (Å²) in [4.78, 5) is 23.4. The molecule has 1 heterocycles. The molecule has 7 heteroatoms. The van der Waals surface area contributed by atoms with Gasteiger partial charge in [-0.1, -0.05) is 23.2 Å². The zero-order chi connectivity index (χ0) is 14.5. The van der Waals surface area contributed by atoms with Crippen molar-refractivity contribution in [2.75, 3.05) is 26.2 Å². The van der Waals surface area contributed by atoms with Crippen LogP contribution in [0.4, 0.5) is 0 Å². The summed E-state index contributed by atoms with van der Waals surface area (Å²) in [6.45, 7) is 2.43. The van der Waals surface area contributed by atoms with Gasteiger partial charge < -0.3 is 16.0 Å². The van der Waals surface area contributed by atoms with Gasteiger partial charge in [0.15, 0.2) is 0 Å². The number of rotatable bonds is 5. The van der Waals surface area contributed by atoms with Crippen LogP contribution in [-0.4, -0.2) is 38.0 Å². The molecule has 3 N–H and O–H groups in total. The Kier molecular flexibility index (Phi) is 5.23. The lowest BCUT2D eigenvalue weighted by Crippen LogP contribution is -2.49. The lowest BCUT2D eigenvalue weighted by molar-refractivity contribution is -0.120. The van der Waals surface area contributed by atoms with E-state index in [0.717, 1.165) is 13.1 Å². The molecule has 1 aliphatic rings. The van der Waals surface area contributed by atoms with Crippen LogP contribution in [0.1, 0.15) is 10.4 Å². The third-order valence-corrected chi connectivity index (χ3v) is 3.78. The van der Waals surface area contributed by atoms with Crippen LogP contribution in [0.15, 0.2) is 18.2 Å². The smallest absolute Gasteiger partial charge is 0.251 e. The molecular formula is C13H15Cl2N3O2. The SMILES string of the molecule is O=C(CNC(=O)c1ccc(Cl)c(Cl)c1)NCC1CNC1. The van der Waals surface area contributed by atoms with Crippen molar-refractivity contribution in [2.45, 2.75) is 0 Å². The number of carbonyl (C=O) groups is 2. The van der Waals surface area contributed by atoms with Crippen molar-refractivity contribution in [3.63, 3.8) is 0 Å². The predicted molar refractivity (Wildman–Crippen MR) is 78.2 cm³/mol. The minimum absolute atomic E-state index is 0.0563. The third-order valence-electron chi connectivity index (χ3n) is 3.05. The summed E-state index contributed by atoms with van der Waals surface area (Å²) in [5.74, 6) is -0.0703. The van der Waals surface area contributed by atoms with Crippen LogP contribution >= 0.6 is 23.2 Å². The number of hydrogen-bond donors (Lipinski definition) is 3. The quantitative estimate of drug-likeness (QED) is 0.761. The molecule has 1 fully saturated rings. The minimum Gasteiger partial charge on any atom is -0.354 e. The van der Waals surface area contributed by atoms with E-state index in [-0.39, 0.29) is 18.4 Å². The van der Waals surface area contributed by atoms with E-state index in [4.69, 9.17) is 23.2 Å². The summed E-state index contributed by atoms with van der Waals surface area (Å²) >= 11 is 11.6. The molecule has 1 aromatic carbocycles. The molecule has 0 aliphatic carbocycles. The fraction of sp³-hybridized carbons (Fsp3) is 0.385. The first-order valence-corrected chi connectivity index (χ1v) is 7.02. The highest BCUT2D eigenvalue weighted by atomic mass is 35.5. The lowest BCUT2D eigenvalue weighted by Gasteiger charge is -2.27. The van der Waals surface area contributed by atoms with Gasteiger partial charge in [0.25, 0.3) is 5.91 Å². The van der Waals surface area contributed by atoms with E-state index in [1.807, 2.05) is 0 Å². The molecule has 0 aromatic heterocycles. The maximum absolute atomic E-state index is 11.8. The molecule has 1 aliphatic heterocycles. The summed E-state index contributed by atoms with van der Waals surface area (Å²) in [7, 11) is 0. The average molecular weight is 316 g/mol. The van der Waals surface area contributed by atoms with Gasteiger partial charge in [0.1, 0.15) is 0 Å². The zero-order valence-electron chi connectivity index (χ0n) is 10.7. The summed E-state index contributed by atoms with van der Waals surface area (Å²) < 4.78 is 0.